The van der Waals surface area contributed by atoms with Crippen molar-refractivity contribution in [1.29, 1.82) is 0 Å². The first kappa shape index (κ1) is 26.0. The predicted octanol–water partition coefficient (Wildman–Crippen LogP) is 4.42. The summed E-state index contributed by atoms with van der Waals surface area (Å²) in [6, 6.07) is 6.50. The van der Waals surface area contributed by atoms with E-state index in [-0.39, 0.29) is 11.4 Å². The Labute approximate surface area is 226 Å². The van der Waals surface area contributed by atoms with Crippen molar-refractivity contribution >= 4 is 108 Å². The van der Waals surface area contributed by atoms with Gasteiger partial charge in [-0.25, -0.2) is 37.7 Å². The number of nitrogens with zero attached hydrogens (tertiary/aromatic N) is 6. The molecule has 0 spiro atoms. The van der Waals surface area contributed by atoms with Gasteiger partial charge >= 0.3 is 0 Å². The number of amidine groups is 1. The molecule has 0 N–H and O–H groups in total. The van der Waals surface area contributed by atoms with E-state index in [0.29, 0.717) is 15.3 Å². The lowest BCUT2D eigenvalue weighted by molar-refractivity contribution is -0.105. The molecular weight excluding hydrogens is 609 g/mol. The minimum atomic E-state index is -4.95. The van der Waals surface area contributed by atoms with Crippen molar-refractivity contribution in [3.05, 3.63) is 62.0 Å². The van der Waals surface area contributed by atoms with Crippen LogP contribution in [0, 0.1) is 0 Å². The zero-order chi connectivity index (χ0) is 25.7. The topological polar surface area (TPSA) is 135 Å². The lowest BCUT2D eigenvalue weighted by Gasteiger charge is -2.30. The third kappa shape index (κ3) is 4.57. The number of alkyl halides is 1. The molecule has 1 atom stereocenters. The Hall–Kier alpha value is -2.12. The number of fused-ring (bicyclic) bond motifs is 1. The van der Waals surface area contributed by atoms with E-state index in [9.17, 15) is 18.0 Å². The number of ketones is 1. The highest BCUT2D eigenvalue weighted by molar-refractivity contribution is 7.90. The number of aliphatic imine (C=N–C) groups is 1. The number of sulfonamides is 1. The zero-order valence-corrected chi connectivity index (χ0v) is 21.8. The van der Waals surface area contributed by atoms with E-state index in [4.69, 9.17) is 69.6 Å². The number of hydrogen-bond donors (Lipinski definition) is 0. The van der Waals surface area contributed by atoms with Crippen LogP contribution in [0.1, 0.15) is 16.2 Å². The summed E-state index contributed by atoms with van der Waals surface area (Å²) in [5, 5.41) is -2.81. The lowest BCUT2D eigenvalue weighted by Crippen LogP contribution is -2.44. The standard InChI is InChI=1S/C18H6Cl6N6O4S/c19-13-6(5-31)16(22)30(18(24)29-13)35(33,34)12-9(27-17(23)28-15(12)21)11(32)10-14(20)26-8-4-2-1-3-7(8)25-10/h1-5,16H. The fraction of sp³-hybridized carbons (Fsp3) is 0.0556. The number of aldehydes is 1. The van der Waals surface area contributed by atoms with Crippen LogP contribution >= 0.6 is 69.6 Å². The molecule has 0 saturated heterocycles. The highest BCUT2D eigenvalue weighted by Gasteiger charge is 2.43. The maximum atomic E-state index is 13.6. The van der Waals surface area contributed by atoms with Crippen molar-refractivity contribution in [1.82, 2.24) is 24.2 Å². The highest BCUT2D eigenvalue weighted by Crippen LogP contribution is 2.36. The van der Waals surface area contributed by atoms with Crippen molar-refractivity contribution in [2.24, 2.45) is 4.99 Å². The molecular formula is C18H6Cl6N6O4S. The van der Waals surface area contributed by atoms with Crippen LogP contribution < -0.4 is 0 Å². The van der Waals surface area contributed by atoms with Gasteiger partial charge in [-0.3, -0.25) is 9.59 Å². The molecule has 180 valence electrons. The van der Waals surface area contributed by atoms with Crippen LogP contribution in [0.15, 0.2) is 44.9 Å². The Morgan fingerprint density at radius 1 is 0.914 bits per heavy atom. The summed E-state index contributed by atoms with van der Waals surface area (Å²) in [6.45, 7) is 0. The largest absolute Gasteiger partial charge is 0.298 e. The van der Waals surface area contributed by atoms with E-state index in [1.165, 1.54) is 0 Å². The molecule has 2 aromatic heterocycles. The van der Waals surface area contributed by atoms with Crippen molar-refractivity contribution in [2.75, 3.05) is 0 Å². The van der Waals surface area contributed by atoms with Crippen LogP contribution in [0.2, 0.25) is 15.6 Å². The fourth-order valence-electron chi connectivity index (χ4n) is 2.95. The van der Waals surface area contributed by atoms with Crippen molar-refractivity contribution in [2.45, 2.75) is 10.4 Å². The van der Waals surface area contributed by atoms with E-state index in [2.05, 4.69) is 24.9 Å². The average Bonchev–Trinajstić information content (AvgIpc) is 2.77. The number of hydrogen-bond acceptors (Lipinski definition) is 9. The summed E-state index contributed by atoms with van der Waals surface area (Å²) in [6.07, 6.45) is 0.200. The molecule has 0 amide bonds. The van der Waals surface area contributed by atoms with Crippen LogP contribution in [0.25, 0.3) is 11.0 Å². The van der Waals surface area contributed by atoms with Gasteiger partial charge in [-0.05, 0) is 35.3 Å². The Kier molecular flexibility index (Phi) is 7.22. The molecule has 3 heterocycles. The van der Waals surface area contributed by atoms with Gasteiger partial charge in [-0.2, -0.15) is 0 Å². The van der Waals surface area contributed by atoms with Gasteiger partial charge in [-0.15, -0.1) is 0 Å². The summed E-state index contributed by atoms with van der Waals surface area (Å²) in [4.78, 5) is 43.1. The molecule has 0 bridgehead atoms. The fourth-order valence-corrected chi connectivity index (χ4v) is 6.67. The maximum absolute atomic E-state index is 13.6. The first-order valence-corrected chi connectivity index (χ1v) is 12.7. The normalized spacial score (nSPS) is 16.5. The second-order valence-corrected chi connectivity index (χ2v) is 10.4. The number of rotatable bonds is 5. The zero-order valence-electron chi connectivity index (χ0n) is 16.5. The molecule has 0 fully saturated rings. The molecule has 1 aliphatic heterocycles. The van der Waals surface area contributed by atoms with Crippen LogP contribution in [0.5, 0.6) is 0 Å². The second-order valence-electron chi connectivity index (χ2n) is 6.52. The predicted molar refractivity (Wildman–Crippen MR) is 131 cm³/mol. The van der Waals surface area contributed by atoms with Gasteiger partial charge in [0, 0.05) is 0 Å². The summed E-state index contributed by atoms with van der Waals surface area (Å²) in [5.41, 5.74) is -2.73. The minimum Gasteiger partial charge on any atom is -0.298 e. The van der Waals surface area contributed by atoms with E-state index in [0.717, 1.165) is 0 Å². The number of carbonyl (C=O) groups is 2. The maximum Gasteiger partial charge on any atom is 0.273 e. The van der Waals surface area contributed by atoms with Gasteiger partial charge in [0.1, 0.15) is 10.9 Å². The third-order valence-corrected chi connectivity index (χ3v) is 8.31. The van der Waals surface area contributed by atoms with Crippen LogP contribution in [-0.4, -0.2) is 55.5 Å². The Morgan fingerprint density at radius 3 is 2.17 bits per heavy atom. The van der Waals surface area contributed by atoms with Crippen LogP contribution in [0.3, 0.4) is 0 Å². The summed E-state index contributed by atoms with van der Waals surface area (Å²) < 4.78 is 27.6. The number of carbonyl (C=O) groups excluding carboxylic acids is 2. The molecule has 3 aromatic rings. The monoisotopic (exact) mass is 612 g/mol. The van der Waals surface area contributed by atoms with Gasteiger partial charge in [0.05, 0.1) is 16.6 Å². The van der Waals surface area contributed by atoms with E-state index in [1.54, 1.807) is 24.3 Å². The number of benzene rings is 1. The lowest BCUT2D eigenvalue weighted by atomic mass is 10.2. The summed E-state index contributed by atoms with van der Waals surface area (Å²) in [7, 11) is -4.95. The SMILES string of the molecule is O=CC1=C(Cl)N=C(Cl)N(S(=O)(=O)c2c(Cl)nc(Cl)nc2C(=O)c2nc3ccccc3nc2Cl)C1Cl. The quantitative estimate of drug-likeness (QED) is 0.103. The van der Waals surface area contributed by atoms with Crippen LogP contribution in [0.4, 0.5) is 0 Å². The van der Waals surface area contributed by atoms with E-state index >= 15 is 0 Å². The van der Waals surface area contributed by atoms with Crippen molar-refractivity contribution < 1.29 is 18.0 Å². The first-order chi connectivity index (χ1) is 16.5. The van der Waals surface area contributed by atoms with Gasteiger partial charge in [-0.1, -0.05) is 58.5 Å². The molecule has 1 aromatic carbocycles. The van der Waals surface area contributed by atoms with Crippen LogP contribution in [-0.2, 0) is 14.8 Å². The highest BCUT2D eigenvalue weighted by atomic mass is 35.5. The molecule has 0 radical (unpaired) electrons. The third-order valence-electron chi connectivity index (χ3n) is 4.47. The average molecular weight is 615 g/mol. The number of halogens is 6. The molecule has 0 aliphatic carbocycles. The minimum absolute atomic E-state index is 0.200. The molecule has 4 rings (SSSR count). The van der Waals surface area contributed by atoms with E-state index < -0.39 is 64.1 Å². The van der Waals surface area contributed by atoms with Gasteiger partial charge < -0.3 is 0 Å². The molecule has 1 unspecified atom stereocenters. The summed E-state index contributed by atoms with van der Waals surface area (Å²) in [5.74, 6) is -1.10. The molecule has 0 saturated carbocycles. The summed E-state index contributed by atoms with van der Waals surface area (Å²) >= 11 is 36.1. The number of aromatic nitrogens is 4. The Balaban J connectivity index is 1.93. The molecule has 1 aliphatic rings. The van der Waals surface area contributed by atoms with Gasteiger partial charge in [0.15, 0.2) is 32.7 Å². The Morgan fingerprint density at radius 2 is 1.54 bits per heavy atom. The number of para-hydroxylation sites is 2. The smallest absolute Gasteiger partial charge is 0.273 e. The molecule has 17 heteroatoms. The molecule has 10 nitrogen and oxygen atoms in total. The van der Waals surface area contributed by atoms with E-state index in [1.807, 2.05) is 0 Å². The first-order valence-electron chi connectivity index (χ1n) is 8.95. The van der Waals surface area contributed by atoms with Crippen molar-refractivity contribution in [3.8, 4) is 0 Å². The van der Waals surface area contributed by atoms with Crippen molar-refractivity contribution in [3.63, 3.8) is 0 Å². The molecule has 35 heavy (non-hydrogen) atoms. The Bertz CT molecular complexity index is 1600. The van der Waals surface area contributed by atoms with Gasteiger partial charge in [0.2, 0.25) is 16.4 Å². The van der Waals surface area contributed by atoms with Gasteiger partial charge in [0.25, 0.3) is 10.0 Å². The second kappa shape index (κ2) is 9.74.